The van der Waals surface area contributed by atoms with E-state index < -0.39 is 0 Å². The minimum absolute atomic E-state index is 0.132. The van der Waals surface area contributed by atoms with Crippen LogP contribution in [-0.4, -0.2) is 6.61 Å². The largest absolute Gasteiger partial charge is 0.494 e. The van der Waals surface area contributed by atoms with E-state index in [4.69, 9.17) is 10.5 Å². The van der Waals surface area contributed by atoms with Gasteiger partial charge in [-0.15, -0.1) is 0 Å². The normalized spacial score (nSPS) is 19.2. The molecule has 0 aliphatic heterocycles. The van der Waals surface area contributed by atoms with Crippen LogP contribution < -0.4 is 10.5 Å². The van der Waals surface area contributed by atoms with Crippen molar-refractivity contribution in [2.24, 2.45) is 17.1 Å². The van der Waals surface area contributed by atoms with Crippen LogP contribution in [0.1, 0.15) is 64.5 Å². The maximum absolute atomic E-state index is 6.69. The van der Waals surface area contributed by atoms with E-state index in [-0.39, 0.29) is 6.04 Å². The first-order chi connectivity index (χ1) is 9.57. The fourth-order valence-electron chi connectivity index (χ4n) is 3.85. The van der Waals surface area contributed by atoms with Crippen LogP contribution in [0, 0.1) is 11.3 Å². The highest BCUT2D eigenvalue weighted by atomic mass is 16.5. The Morgan fingerprint density at radius 2 is 1.95 bits per heavy atom. The molecule has 0 aromatic heterocycles. The van der Waals surface area contributed by atoms with Crippen molar-refractivity contribution in [1.82, 2.24) is 0 Å². The van der Waals surface area contributed by atoms with Gasteiger partial charge in [-0.05, 0) is 55.2 Å². The Kier molecular flexibility index (Phi) is 5.09. The van der Waals surface area contributed by atoms with Gasteiger partial charge in [0.2, 0.25) is 0 Å². The predicted molar refractivity (Wildman–Crippen MR) is 84.9 cm³/mol. The molecule has 1 aliphatic rings. The topological polar surface area (TPSA) is 35.2 Å². The summed E-state index contributed by atoms with van der Waals surface area (Å²) < 4.78 is 5.62. The first-order valence-electron chi connectivity index (χ1n) is 8.06. The van der Waals surface area contributed by atoms with E-state index in [0.29, 0.717) is 17.9 Å². The zero-order valence-electron chi connectivity index (χ0n) is 13.2. The lowest BCUT2D eigenvalue weighted by Crippen LogP contribution is -2.33. The third-order valence-electron chi connectivity index (χ3n) is 4.60. The van der Waals surface area contributed by atoms with Crippen LogP contribution in [-0.2, 0) is 0 Å². The first-order valence-corrected chi connectivity index (χ1v) is 8.06. The highest BCUT2D eigenvalue weighted by molar-refractivity contribution is 5.31. The molecule has 112 valence electrons. The molecule has 1 unspecified atom stereocenters. The third kappa shape index (κ3) is 3.35. The monoisotopic (exact) mass is 275 g/mol. The second kappa shape index (κ2) is 6.62. The second-order valence-corrected chi connectivity index (χ2v) is 6.65. The van der Waals surface area contributed by atoms with Crippen molar-refractivity contribution in [3.63, 3.8) is 0 Å². The lowest BCUT2D eigenvalue weighted by atomic mass is 9.71. The number of benzene rings is 1. The molecule has 2 nitrogen and oxygen atoms in total. The molecule has 1 aromatic carbocycles. The van der Waals surface area contributed by atoms with Gasteiger partial charge in [-0.2, -0.15) is 0 Å². The molecule has 1 atom stereocenters. The smallest absolute Gasteiger partial charge is 0.119 e. The fraction of sp³-hybridized carbons (Fsp3) is 0.667. The van der Waals surface area contributed by atoms with Gasteiger partial charge in [0, 0.05) is 6.04 Å². The highest BCUT2D eigenvalue weighted by Crippen LogP contribution is 2.50. The van der Waals surface area contributed by atoms with Crippen molar-refractivity contribution in [1.29, 1.82) is 0 Å². The predicted octanol–water partition coefficient (Wildman–Crippen LogP) is 4.69. The van der Waals surface area contributed by atoms with Crippen LogP contribution in [0.4, 0.5) is 0 Å². The minimum Gasteiger partial charge on any atom is -0.494 e. The molecule has 0 spiro atoms. The summed E-state index contributed by atoms with van der Waals surface area (Å²) in [6, 6.07) is 8.51. The summed E-state index contributed by atoms with van der Waals surface area (Å²) in [5.41, 5.74) is 8.22. The van der Waals surface area contributed by atoms with Crippen molar-refractivity contribution in [3.05, 3.63) is 29.8 Å². The van der Waals surface area contributed by atoms with Crippen molar-refractivity contribution in [3.8, 4) is 5.75 Å². The van der Waals surface area contributed by atoms with Gasteiger partial charge >= 0.3 is 0 Å². The van der Waals surface area contributed by atoms with Gasteiger partial charge in [0.25, 0.3) is 0 Å². The Balaban J connectivity index is 2.23. The maximum atomic E-state index is 6.69. The number of nitrogens with two attached hydrogens (primary N) is 1. The summed E-state index contributed by atoms with van der Waals surface area (Å²) in [7, 11) is 0. The second-order valence-electron chi connectivity index (χ2n) is 6.65. The molecule has 0 heterocycles. The van der Waals surface area contributed by atoms with Crippen molar-refractivity contribution < 1.29 is 4.74 Å². The van der Waals surface area contributed by atoms with Gasteiger partial charge in [-0.1, -0.05) is 38.8 Å². The van der Waals surface area contributed by atoms with Gasteiger partial charge in [-0.25, -0.2) is 0 Å². The molecule has 2 N–H and O–H groups in total. The summed E-state index contributed by atoms with van der Waals surface area (Å²) in [5, 5.41) is 0. The van der Waals surface area contributed by atoms with Gasteiger partial charge in [0.05, 0.1) is 6.61 Å². The zero-order valence-corrected chi connectivity index (χ0v) is 13.2. The summed E-state index contributed by atoms with van der Waals surface area (Å²) in [6.07, 6.45) is 6.42. The lowest BCUT2D eigenvalue weighted by molar-refractivity contribution is 0.183. The van der Waals surface area contributed by atoms with Crippen molar-refractivity contribution in [2.75, 3.05) is 6.61 Å². The van der Waals surface area contributed by atoms with E-state index in [1.165, 1.54) is 37.7 Å². The Morgan fingerprint density at radius 1 is 1.25 bits per heavy atom. The molecule has 0 radical (unpaired) electrons. The molecule has 0 amide bonds. The van der Waals surface area contributed by atoms with E-state index in [0.717, 1.165) is 5.75 Å². The molecule has 1 fully saturated rings. The van der Waals surface area contributed by atoms with E-state index in [2.05, 4.69) is 32.0 Å². The fourth-order valence-corrected chi connectivity index (χ4v) is 3.85. The van der Waals surface area contributed by atoms with Crippen LogP contribution in [0.3, 0.4) is 0 Å². The number of hydrogen-bond donors (Lipinski definition) is 1. The molecule has 20 heavy (non-hydrogen) atoms. The third-order valence-corrected chi connectivity index (χ3v) is 4.60. The molecule has 0 bridgehead atoms. The first kappa shape index (κ1) is 15.4. The molecule has 1 saturated carbocycles. The van der Waals surface area contributed by atoms with E-state index in [1.54, 1.807) is 0 Å². The summed E-state index contributed by atoms with van der Waals surface area (Å²) in [5.74, 6) is 1.65. The zero-order chi connectivity index (χ0) is 14.6. The Labute approximate surface area is 123 Å². The lowest BCUT2D eigenvalue weighted by Gasteiger charge is -2.37. The Hall–Kier alpha value is -1.02. The molecular formula is C18H29NO. The van der Waals surface area contributed by atoms with Crippen LogP contribution >= 0.6 is 0 Å². The molecule has 1 aromatic rings. The van der Waals surface area contributed by atoms with Gasteiger partial charge in [-0.3, -0.25) is 0 Å². The molecule has 2 rings (SSSR count). The number of ether oxygens (including phenoxy) is 1. The van der Waals surface area contributed by atoms with Crippen LogP contribution in [0.25, 0.3) is 0 Å². The highest BCUT2D eigenvalue weighted by Gasteiger charge is 2.40. The number of rotatable bonds is 6. The van der Waals surface area contributed by atoms with E-state index in [9.17, 15) is 0 Å². The summed E-state index contributed by atoms with van der Waals surface area (Å²) in [4.78, 5) is 0. The van der Waals surface area contributed by atoms with Gasteiger partial charge < -0.3 is 10.5 Å². The number of hydrogen-bond acceptors (Lipinski definition) is 2. The quantitative estimate of drug-likeness (QED) is 0.817. The maximum Gasteiger partial charge on any atom is 0.119 e. The van der Waals surface area contributed by atoms with Gasteiger partial charge in [0.15, 0.2) is 0 Å². The van der Waals surface area contributed by atoms with E-state index in [1.807, 2.05) is 13.0 Å². The SMILES string of the molecule is CCOc1cccc(C(N)C2(CC(C)C)CCCC2)c1. The molecule has 2 heteroatoms. The average molecular weight is 275 g/mol. The Bertz CT molecular complexity index is 421. The standard InChI is InChI=1S/C18H29NO/c1-4-20-16-9-7-8-15(12-16)17(19)18(13-14(2)3)10-5-6-11-18/h7-9,12,14,17H,4-6,10-11,13,19H2,1-3H3. The summed E-state index contributed by atoms with van der Waals surface area (Å²) in [6.45, 7) is 7.34. The van der Waals surface area contributed by atoms with Crippen LogP contribution in [0.15, 0.2) is 24.3 Å². The van der Waals surface area contributed by atoms with Gasteiger partial charge in [0.1, 0.15) is 5.75 Å². The molecular weight excluding hydrogens is 246 g/mol. The van der Waals surface area contributed by atoms with Crippen molar-refractivity contribution >= 4 is 0 Å². The van der Waals surface area contributed by atoms with Crippen LogP contribution in [0.2, 0.25) is 0 Å². The Morgan fingerprint density at radius 3 is 2.55 bits per heavy atom. The summed E-state index contributed by atoms with van der Waals surface area (Å²) >= 11 is 0. The van der Waals surface area contributed by atoms with Crippen molar-refractivity contribution in [2.45, 2.75) is 58.9 Å². The van der Waals surface area contributed by atoms with E-state index >= 15 is 0 Å². The minimum atomic E-state index is 0.132. The molecule has 1 aliphatic carbocycles. The average Bonchev–Trinajstić information content (AvgIpc) is 2.87. The van der Waals surface area contributed by atoms with Crippen LogP contribution in [0.5, 0.6) is 5.75 Å². The molecule has 0 saturated heterocycles.